The summed E-state index contributed by atoms with van der Waals surface area (Å²) in [6.45, 7) is 4.18. The van der Waals surface area contributed by atoms with Gasteiger partial charge in [-0.3, -0.25) is 10.2 Å². The van der Waals surface area contributed by atoms with Gasteiger partial charge in [0.25, 0.3) is 0 Å². The molecule has 0 aromatic rings. The summed E-state index contributed by atoms with van der Waals surface area (Å²) in [5.41, 5.74) is 5.28. The van der Waals surface area contributed by atoms with E-state index in [1.165, 1.54) is 0 Å². The first kappa shape index (κ1) is 8.39. The van der Waals surface area contributed by atoms with Crippen LogP contribution in [-0.2, 0) is 4.79 Å². The monoisotopic (exact) mass is 132 g/mol. The van der Waals surface area contributed by atoms with Gasteiger partial charge in [-0.25, -0.2) is 5.43 Å². The molecule has 1 atom stereocenters. The molecule has 1 unspecified atom stereocenters. The minimum absolute atomic E-state index is 0.523. The normalized spacial score (nSPS) is 13.1. The van der Waals surface area contributed by atoms with Crippen molar-refractivity contribution in [3.05, 3.63) is 0 Å². The van der Waals surface area contributed by atoms with Gasteiger partial charge in [0.1, 0.15) is 6.04 Å². The van der Waals surface area contributed by atoms with Crippen LogP contribution in [-0.4, -0.2) is 23.7 Å². The molecule has 54 valence electrons. The fourth-order valence-corrected chi connectivity index (χ4v) is 0.317. The van der Waals surface area contributed by atoms with Crippen molar-refractivity contribution >= 4 is 5.97 Å². The molecule has 0 saturated heterocycles. The molecule has 9 heavy (non-hydrogen) atoms. The summed E-state index contributed by atoms with van der Waals surface area (Å²) < 4.78 is 0. The third-order valence-electron chi connectivity index (χ3n) is 0.866. The molecule has 0 saturated carbocycles. The van der Waals surface area contributed by atoms with E-state index in [1.807, 2.05) is 6.92 Å². The van der Waals surface area contributed by atoms with Crippen molar-refractivity contribution in [2.45, 2.75) is 19.9 Å². The van der Waals surface area contributed by atoms with Gasteiger partial charge in [-0.2, -0.15) is 0 Å². The van der Waals surface area contributed by atoms with Crippen molar-refractivity contribution in [1.82, 2.24) is 10.9 Å². The SMILES string of the molecule is CCNNC(C)C(=O)O. The number of aliphatic carboxylic acids is 1. The van der Waals surface area contributed by atoms with Gasteiger partial charge in [0.15, 0.2) is 0 Å². The van der Waals surface area contributed by atoms with Gasteiger partial charge >= 0.3 is 5.97 Å². The van der Waals surface area contributed by atoms with E-state index in [1.54, 1.807) is 6.92 Å². The Balaban J connectivity index is 3.27. The molecule has 0 radical (unpaired) electrons. The third kappa shape index (κ3) is 3.93. The van der Waals surface area contributed by atoms with Gasteiger partial charge in [0, 0.05) is 6.54 Å². The molecule has 0 aliphatic rings. The maximum Gasteiger partial charge on any atom is 0.321 e. The second-order valence-corrected chi connectivity index (χ2v) is 1.73. The highest BCUT2D eigenvalue weighted by Gasteiger charge is 2.06. The largest absolute Gasteiger partial charge is 0.480 e. The Morgan fingerprint density at radius 3 is 2.67 bits per heavy atom. The number of hydrogen-bond acceptors (Lipinski definition) is 3. The molecule has 4 heteroatoms. The molecule has 0 aromatic carbocycles. The summed E-state index contributed by atoms with van der Waals surface area (Å²) in [7, 11) is 0. The zero-order valence-electron chi connectivity index (χ0n) is 5.64. The molecule has 0 rings (SSSR count). The average molecular weight is 132 g/mol. The first-order valence-corrected chi connectivity index (χ1v) is 2.89. The highest BCUT2D eigenvalue weighted by atomic mass is 16.4. The zero-order valence-corrected chi connectivity index (χ0v) is 5.64. The van der Waals surface area contributed by atoms with Crippen LogP contribution in [0.4, 0.5) is 0 Å². The van der Waals surface area contributed by atoms with Crippen molar-refractivity contribution in [3.63, 3.8) is 0 Å². The molecular weight excluding hydrogens is 120 g/mol. The number of carboxylic acid groups (broad SMARTS) is 1. The molecular formula is C5H12N2O2. The van der Waals surface area contributed by atoms with Crippen molar-refractivity contribution in [2.24, 2.45) is 0 Å². The molecule has 0 aliphatic carbocycles. The second-order valence-electron chi connectivity index (χ2n) is 1.73. The maximum absolute atomic E-state index is 10.1. The molecule has 0 aliphatic heterocycles. The van der Waals surface area contributed by atoms with Crippen LogP contribution in [0, 0.1) is 0 Å². The summed E-state index contributed by atoms with van der Waals surface area (Å²) in [6.07, 6.45) is 0. The minimum Gasteiger partial charge on any atom is -0.480 e. The summed E-state index contributed by atoms with van der Waals surface area (Å²) in [6, 6.07) is -0.523. The van der Waals surface area contributed by atoms with Gasteiger partial charge in [0.05, 0.1) is 0 Å². The van der Waals surface area contributed by atoms with Crippen molar-refractivity contribution in [3.8, 4) is 0 Å². The molecule has 0 fully saturated rings. The topological polar surface area (TPSA) is 61.4 Å². The van der Waals surface area contributed by atoms with Crippen LogP contribution in [0.25, 0.3) is 0 Å². The van der Waals surface area contributed by atoms with E-state index in [4.69, 9.17) is 5.11 Å². The van der Waals surface area contributed by atoms with Gasteiger partial charge < -0.3 is 5.11 Å². The maximum atomic E-state index is 10.1. The summed E-state index contributed by atoms with van der Waals surface area (Å²) in [5, 5.41) is 8.31. The van der Waals surface area contributed by atoms with Crippen LogP contribution in [0.15, 0.2) is 0 Å². The van der Waals surface area contributed by atoms with Crippen LogP contribution >= 0.6 is 0 Å². The summed E-state index contributed by atoms with van der Waals surface area (Å²) >= 11 is 0. The number of hydrogen-bond donors (Lipinski definition) is 3. The van der Waals surface area contributed by atoms with E-state index in [0.717, 1.165) is 6.54 Å². The van der Waals surface area contributed by atoms with Crippen molar-refractivity contribution < 1.29 is 9.90 Å². The number of hydrazine groups is 1. The first-order chi connectivity index (χ1) is 4.18. The van der Waals surface area contributed by atoms with E-state index in [9.17, 15) is 4.79 Å². The third-order valence-corrected chi connectivity index (χ3v) is 0.866. The molecule has 0 aromatic heterocycles. The molecule has 0 heterocycles. The molecule has 0 amide bonds. The van der Waals surface area contributed by atoms with Crippen LogP contribution in [0.5, 0.6) is 0 Å². The van der Waals surface area contributed by atoms with Crippen molar-refractivity contribution in [1.29, 1.82) is 0 Å². The number of nitrogens with one attached hydrogen (secondary N) is 2. The predicted molar refractivity (Wildman–Crippen MR) is 33.9 cm³/mol. The fraction of sp³-hybridized carbons (Fsp3) is 0.800. The number of rotatable bonds is 4. The van der Waals surface area contributed by atoms with E-state index in [0.29, 0.717) is 0 Å². The average Bonchev–Trinajstić information content (AvgIpc) is 1.82. The summed E-state index contributed by atoms with van der Waals surface area (Å²) in [4.78, 5) is 10.1. The smallest absolute Gasteiger partial charge is 0.321 e. The Kier molecular flexibility index (Phi) is 4.00. The zero-order chi connectivity index (χ0) is 7.28. The standard InChI is InChI=1S/C5H12N2O2/c1-3-6-7-4(2)5(8)9/h4,6-7H,3H2,1-2H3,(H,8,9). The van der Waals surface area contributed by atoms with Crippen LogP contribution < -0.4 is 10.9 Å². The van der Waals surface area contributed by atoms with Gasteiger partial charge in [-0.05, 0) is 6.92 Å². The quantitative estimate of drug-likeness (QED) is 0.454. The Morgan fingerprint density at radius 2 is 2.33 bits per heavy atom. The van der Waals surface area contributed by atoms with Gasteiger partial charge in [-0.15, -0.1) is 0 Å². The predicted octanol–water partition coefficient (Wildman–Crippen LogP) is -0.426. The van der Waals surface area contributed by atoms with E-state index >= 15 is 0 Å². The first-order valence-electron chi connectivity index (χ1n) is 2.89. The Morgan fingerprint density at radius 1 is 1.78 bits per heavy atom. The lowest BCUT2D eigenvalue weighted by Gasteiger charge is -2.07. The number of carboxylic acids is 1. The number of carbonyl (C=O) groups is 1. The Labute approximate surface area is 54.2 Å². The van der Waals surface area contributed by atoms with E-state index < -0.39 is 12.0 Å². The minimum atomic E-state index is -0.851. The Bertz CT molecular complexity index is 95.0. The van der Waals surface area contributed by atoms with Crippen LogP contribution in [0.3, 0.4) is 0 Å². The Hall–Kier alpha value is -0.610. The molecule has 0 bridgehead atoms. The summed E-state index contributed by atoms with van der Waals surface area (Å²) in [5.74, 6) is -0.851. The lowest BCUT2D eigenvalue weighted by atomic mass is 10.4. The fourth-order valence-electron chi connectivity index (χ4n) is 0.317. The second kappa shape index (κ2) is 4.29. The molecule has 0 spiro atoms. The van der Waals surface area contributed by atoms with Crippen LogP contribution in [0.2, 0.25) is 0 Å². The van der Waals surface area contributed by atoms with E-state index in [2.05, 4.69) is 10.9 Å². The molecule has 4 nitrogen and oxygen atoms in total. The van der Waals surface area contributed by atoms with E-state index in [-0.39, 0.29) is 0 Å². The highest BCUT2D eigenvalue weighted by molar-refractivity contribution is 5.72. The van der Waals surface area contributed by atoms with Gasteiger partial charge in [-0.1, -0.05) is 6.92 Å². The lowest BCUT2D eigenvalue weighted by Crippen LogP contribution is -2.43. The molecule has 3 N–H and O–H groups in total. The highest BCUT2D eigenvalue weighted by Crippen LogP contribution is 1.75. The van der Waals surface area contributed by atoms with Gasteiger partial charge in [0.2, 0.25) is 0 Å². The van der Waals surface area contributed by atoms with Crippen LogP contribution in [0.1, 0.15) is 13.8 Å². The lowest BCUT2D eigenvalue weighted by molar-refractivity contribution is -0.139. The van der Waals surface area contributed by atoms with Crippen molar-refractivity contribution in [2.75, 3.05) is 6.54 Å².